The summed E-state index contributed by atoms with van der Waals surface area (Å²) in [5.74, 6) is -0.355. The molecule has 3 heteroatoms. The van der Waals surface area contributed by atoms with E-state index < -0.39 is 0 Å². The number of benzene rings is 2. The van der Waals surface area contributed by atoms with Gasteiger partial charge in [-0.15, -0.1) is 0 Å². The molecule has 100 valence electrons. The fraction of sp³-hybridized carbons (Fsp3) is 0.250. The van der Waals surface area contributed by atoms with Crippen molar-refractivity contribution in [3.05, 3.63) is 70.5 Å². The molecule has 0 radical (unpaired) electrons. The first-order valence-electron chi connectivity index (χ1n) is 6.41. The molecular formula is C16H17ClFN. The minimum Gasteiger partial charge on any atom is -0.324 e. The van der Waals surface area contributed by atoms with E-state index in [1.807, 2.05) is 36.4 Å². The maximum atomic E-state index is 13.3. The van der Waals surface area contributed by atoms with Crippen molar-refractivity contribution in [3.8, 4) is 0 Å². The summed E-state index contributed by atoms with van der Waals surface area (Å²) >= 11 is 5.65. The molecule has 2 rings (SSSR count). The summed E-state index contributed by atoms with van der Waals surface area (Å²) in [5.41, 5.74) is 8.22. The third-order valence-electron chi connectivity index (χ3n) is 3.19. The van der Waals surface area contributed by atoms with Gasteiger partial charge in [0.1, 0.15) is 5.82 Å². The van der Waals surface area contributed by atoms with E-state index in [1.165, 1.54) is 6.07 Å². The minimum atomic E-state index is -0.355. The van der Waals surface area contributed by atoms with Crippen molar-refractivity contribution in [2.75, 3.05) is 0 Å². The summed E-state index contributed by atoms with van der Waals surface area (Å²) in [5, 5.41) is 0.171. The fourth-order valence-electron chi connectivity index (χ4n) is 2.09. The molecule has 2 N–H and O–H groups in total. The summed E-state index contributed by atoms with van der Waals surface area (Å²) < 4.78 is 13.3. The Morgan fingerprint density at radius 2 is 1.84 bits per heavy atom. The molecular weight excluding hydrogens is 261 g/mol. The molecule has 0 fully saturated rings. The number of hydrogen-bond donors (Lipinski definition) is 1. The fourth-order valence-corrected chi connectivity index (χ4v) is 2.21. The first kappa shape index (κ1) is 14.0. The van der Waals surface area contributed by atoms with E-state index in [-0.39, 0.29) is 16.9 Å². The Hall–Kier alpha value is -1.38. The van der Waals surface area contributed by atoms with E-state index in [0.717, 1.165) is 30.4 Å². The van der Waals surface area contributed by atoms with Crippen molar-refractivity contribution in [2.24, 2.45) is 5.73 Å². The molecule has 2 aromatic rings. The number of hydrogen-bond acceptors (Lipinski definition) is 1. The predicted octanol–water partition coefficient (Wildman–Crippen LogP) is 4.50. The predicted molar refractivity (Wildman–Crippen MR) is 77.7 cm³/mol. The molecule has 19 heavy (non-hydrogen) atoms. The molecule has 1 atom stereocenters. The van der Waals surface area contributed by atoms with Crippen LogP contribution in [0.5, 0.6) is 0 Å². The lowest BCUT2D eigenvalue weighted by Gasteiger charge is -2.11. The van der Waals surface area contributed by atoms with Crippen molar-refractivity contribution < 1.29 is 4.39 Å². The van der Waals surface area contributed by atoms with E-state index in [9.17, 15) is 4.39 Å². The Balaban J connectivity index is 1.85. The van der Waals surface area contributed by atoms with Gasteiger partial charge < -0.3 is 5.73 Å². The van der Waals surface area contributed by atoms with Gasteiger partial charge in [-0.2, -0.15) is 0 Å². The molecule has 0 saturated heterocycles. The second kappa shape index (κ2) is 6.69. The van der Waals surface area contributed by atoms with Gasteiger partial charge in [-0.1, -0.05) is 48.0 Å². The van der Waals surface area contributed by atoms with Crippen LogP contribution in [0, 0.1) is 5.82 Å². The van der Waals surface area contributed by atoms with E-state index in [0.29, 0.717) is 0 Å². The van der Waals surface area contributed by atoms with Crippen molar-refractivity contribution in [1.82, 2.24) is 0 Å². The van der Waals surface area contributed by atoms with Crippen LogP contribution in [0.4, 0.5) is 4.39 Å². The van der Waals surface area contributed by atoms with Crippen LogP contribution in [-0.4, -0.2) is 0 Å². The molecule has 0 aliphatic carbocycles. The minimum absolute atomic E-state index is 0.0401. The molecule has 0 aliphatic rings. The van der Waals surface area contributed by atoms with Gasteiger partial charge in [-0.05, 0) is 42.5 Å². The zero-order valence-corrected chi connectivity index (χ0v) is 11.4. The highest BCUT2D eigenvalue weighted by molar-refractivity contribution is 6.30. The molecule has 0 bridgehead atoms. The summed E-state index contributed by atoms with van der Waals surface area (Å²) in [7, 11) is 0. The van der Waals surface area contributed by atoms with Crippen LogP contribution in [0.2, 0.25) is 5.02 Å². The van der Waals surface area contributed by atoms with Crippen LogP contribution in [-0.2, 0) is 6.42 Å². The lowest BCUT2D eigenvalue weighted by atomic mass is 10.00. The van der Waals surface area contributed by atoms with Crippen LogP contribution in [0.1, 0.15) is 30.0 Å². The van der Waals surface area contributed by atoms with Gasteiger partial charge in [-0.3, -0.25) is 0 Å². The standard InChI is InChI=1S/C16H17ClFN/c17-14-10-9-12(11-15(14)18)5-4-8-16(19)13-6-2-1-3-7-13/h1-3,6-7,9-11,16H,4-5,8,19H2. The van der Waals surface area contributed by atoms with E-state index in [1.54, 1.807) is 6.07 Å². The normalized spacial score (nSPS) is 12.4. The average Bonchev–Trinajstić information content (AvgIpc) is 2.43. The molecule has 1 nitrogen and oxygen atoms in total. The van der Waals surface area contributed by atoms with Gasteiger partial charge in [0, 0.05) is 6.04 Å². The van der Waals surface area contributed by atoms with Crippen molar-refractivity contribution in [3.63, 3.8) is 0 Å². The molecule has 0 heterocycles. The Morgan fingerprint density at radius 3 is 2.53 bits per heavy atom. The van der Waals surface area contributed by atoms with Crippen molar-refractivity contribution in [1.29, 1.82) is 0 Å². The molecule has 0 amide bonds. The van der Waals surface area contributed by atoms with Gasteiger partial charge in [0.2, 0.25) is 0 Å². The largest absolute Gasteiger partial charge is 0.324 e. The number of halogens is 2. The van der Waals surface area contributed by atoms with Crippen LogP contribution >= 0.6 is 11.6 Å². The second-order valence-corrected chi connectivity index (χ2v) is 5.07. The first-order chi connectivity index (χ1) is 9.16. The number of nitrogens with two attached hydrogens (primary N) is 1. The topological polar surface area (TPSA) is 26.0 Å². The number of rotatable bonds is 5. The van der Waals surface area contributed by atoms with Gasteiger partial charge in [0.15, 0.2) is 0 Å². The second-order valence-electron chi connectivity index (χ2n) is 4.66. The third kappa shape index (κ3) is 4.05. The first-order valence-corrected chi connectivity index (χ1v) is 6.79. The number of aryl methyl sites for hydroxylation is 1. The summed E-state index contributed by atoms with van der Waals surface area (Å²) in [6, 6.07) is 15.0. The molecule has 0 aliphatic heterocycles. The lowest BCUT2D eigenvalue weighted by molar-refractivity contribution is 0.604. The quantitative estimate of drug-likeness (QED) is 0.855. The highest BCUT2D eigenvalue weighted by Gasteiger charge is 2.06. The van der Waals surface area contributed by atoms with Crippen LogP contribution in [0.3, 0.4) is 0 Å². The zero-order chi connectivity index (χ0) is 13.7. The van der Waals surface area contributed by atoms with Crippen LogP contribution in [0.15, 0.2) is 48.5 Å². The summed E-state index contributed by atoms with van der Waals surface area (Å²) in [6.07, 6.45) is 2.63. The van der Waals surface area contributed by atoms with Crippen molar-refractivity contribution in [2.45, 2.75) is 25.3 Å². The lowest BCUT2D eigenvalue weighted by Crippen LogP contribution is -2.10. The van der Waals surface area contributed by atoms with Gasteiger partial charge in [0.25, 0.3) is 0 Å². The summed E-state index contributed by atoms with van der Waals surface area (Å²) in [6.45, 7) is 0. The van der Waals surface area contributed by atoms with Crippen molar-refractivity contribution >= 4 is 11.6 Å². The van der Waals surface area contributed by atoms with Gasteiger partial charge >= 0.3 is 0 Å². The Kier molecular flexibility index (Phi) is 4.94. The highest BCUT2D eigenvalue weighted by Crippen LogP contribution is 2.19. The van der Waals surface area contributed by atoms with Gasteiger partial charge in [-0.25, -0.2) is 4.39 Å². The molecule has 1 unspecified atom stereocenters. The average molecular weight is 278 g/mol. The molecule has 0 spiro atoms. The monoisotopic (exact) mass is 277 g/mol. The molecule has 0 saturated carbocycles. The van der Waals surface area contributed by atoms with E-state index in [4.69, 9.17) is 17.3 Å². The van der Waals surface area contributed by atoms with Gasteiger partial charge in [0.05, 0.1) is 5.02 Å². The summed E-state index contributed by atoms with van der Waals surface area (Å²) in [4.78, 5) is 0. The van der Waals surface area contributed by atoms with Crippen LogP contribution in [0.25, 0.3) is 0 Å². The third-order valence-corrected chi connectivity index (χ3v) is 3.50. The smallest absolute Gasteiger partial charge is 0.142 e. The van der Waals surface area contributed by atoms with E-state index in [2.05, 4.69) is 0 Å². The highest BCUT2D eigenvalue weighted by atomic mass is 35.5. The SMILES string of the molecule is NC(CCCc1ccc(Cl)c(F)c1)c1ccccc1. The maximum Gasteiger partial charge on any atom is 0.142 e. The van der Waals surface area contributed by atoms with Crippen LogP contribution < -0.4 is 5.73 Å². The Bertz CT molecular complexity index is 528. The molecule has 0 aromatic heterocycles. The van der Waals surface area contributed by atoms with E-state index >= 15 is 0 Å². The molecule has 2 aromatic carbocycles. The zero-order valence-electron chi connectivity index (χ0n) is 10.7. The Labute approximate surface area is 118 Å². The maximum absolute atomic E-state index is 13.3. The Morgan fingerprint density at radius 1 is 1.11 bits per heavy atom.